The first-order chi connectivity index (χ1) is 19.5. The second-order valence-corrected chi connectivity index (χ2v) is 9.73. The van der Waals surface area contributed by atoms with Crippen LogP contribution < -0.4 is 20.3 Å². The number of carboxylic acid groups (broad SMARTS) is 1. The number of ether oxygens (including phenoxy) is 1. The number of carbonyl (C=O) groups is 3. The lowest BCUT2D eigenvalue weighted by Gasteiger charge is -2.43. The molecule has 1 spiro atoms. The zero-order valence-electron chi connectivity index (χ0n) is 22.7. The largest absolute Gasteiger partial charge is 0.494 e. The van der Waals surface area contributed by atoms with E-state index in [-0.39, 0.29) is 17.6 Å². The quantitative estimate of drug-likeness (QED) is 0.305. The summed E-state index contributed by atoms with van der Waals surface area (Å²) in [7, 11) is 0. The maximum Gasteiger partial charge on any atom is 0.490 e. The number of hydrogen-bond acceptors (Lipinski definition) is 6. The minimum absolute atomic E-state index is 0.00633. The normalized spacial score (nSPS) is 16.5. The topological polar surface area (TPSA) is 111 Å². The van der Waals surface area contributed by atoms with Crippen molar-refractivity contribution in [3.8, 4) is 5.75 Å². The molecule has 2 aromatic rings. The molecule has 4 rings (SSSR count). The van der Waals surface area contributed by atoms with Crippen LogP contribution in [0.3, 0.4) is 0 Å². The molecule has 41 heavy (non-hydrogen) atoms. The van der Waals surface area contributed by atoms with E-state index in [0.717, 1.165) is 37.4 Å². The first-order valence-corrected chi connectivity index (χ1v) is 13.3. The van der Waals surface area contributed by atoms with Crippen molar-refractivity contribution in [3.63, 3.8) is 0 Å². The fourth-order valence-corrected chi connectivity index (χ4v) is 4.68. The van der Waals surface area contributed by atoms with Crippen molar-refractivity contribution in [1.29, 1.82) is 0 Å². The smallest absolute Gasteiger partial charge is 0.490 e. The maximum atomic E-state index is 13.8. The van der Waals surface area contributed by atoms with Gasteiger partial charge < -0.3 is 30.3 Å². The maximum absolute atomic E-state index is 13.8. The van der Waals surface area contributed by atoms with E-state index in [0.29, 0.717) is 44.8 Å². The number of anilines is 1. The third-order valence-corrected chi connectivity index (χ3v) is 6.98. The average molecular weight is 583 g/mol. The number of likely N-dealkylation sites (tertiary alicyclic amines) is 1. The number of rotatable bonds is 9. The summed E-state index contributed by atoms with van der Waals surface area (Å²) in [6, 6.07) is 13.6. The fraction of sp³-hybridized carbons (Fsp3) is 0.464. The molecule has 9 nitrogen and oxygen atoms in total. The lowest BCUT2D eigenvalue weighted by molar-refractivity contribution is -0.192. The van der Waals surface area contributed by atoms with E-state index in [1.807, 2.05) is 23.1 Å². The van der Waals surface area contributed by atoms with Gasteiger partial charge in [-0.25, -0.2) is 9.18 Å². The van der Waals surface area contributed by atoms with Gasteiger partial charge in [0, 0.05) is 37.4 Å². The number of nitrogens with zero attached hydrogens (tertiary/aromatic N) is 2. The summed E-state index contributed by atoms with van der Waals surface area (Å²) in [5.41, 5.74) is 0.684. The van der Waals surface area contributed by atoms with Crippen molar-refractivity contribution in [2.75, 3.05) is 44.4 Å². The number of carboxylic acids is 1. The summed E-state index contributed by atoms with van der Waals surface area (Å²) in [5.74, 6) is -2.39. The highest BCUT2D eigenvalue weighted by Crippen LogP contribution is 2.36. The molecule has 0 unspecified atom stereocenters. The molecule has 0 atom stereocenters. The van der Waals surface area contributed by atoms with Gasteiger partial charge in [0.15, 0.2) is 0 Å². The number of amides is 2. The number of hydrogen-bond donors (Lipinski definition) is 3. The van der Waals surface area contributed by atoms with Crippen molar-refractivity contribution in [1.82, 2.24) is 15.5 Å². The molecular weight excluding hydrogens is 548 g/mol. The van der Waals surface area contributed by atoms with E-state index in [4.69, 9.17) is 14.6 Å². The Hall–Kier alpha value is -3.87. The molecule has 2 saturated heterocycles. The van der Waals surface area contributed by atoms with Crippen molar-refractivity contribution < 1.29 is 41.8 Å². The molecule has 3 N–H and O–H groups in total. The second-order valence-electron chi connectivity index (χ2n) is 9.73. The summed E-state index contributed by atoms with van der Waals surface area (Å²) in [6.07, 6.45) is -1.68. The van der Waals surface area contributed by atoms with Crippen LogP contribution in [0.2, 0.25) is 0 Å². The molecule has 0 aliphatic carbocycles. The predicted octanol–water partition coefficient (Wildman–Crippen LogP) is 3.80. The fourth-order valence-electron chi connectivity index (χ4n) is 4.68. The number of benzene rings is 2. The summed E-state index contributed by atoms with van der Waals surface area (Å²) in [5, 5.41) is 13.0. The monoisotopic (exact) mass is 582 g/mol. The van der Waals surface area contributed by atoms with Crippen LogP contribution in [0.25, 0.3) is 0 Å². The third-order valence-electron chi connectivity index (χ3n) is 6.98. The van der Waals surface area contributed by atoms with Gasteiger partial charge in [-0.3, -0.25) is 9.59 Å². The highest BCUT2D eigenvalue weighted by atomic mass is 19.4. The summed E-state index contributed by atoms with van der Waals surface area (Å²) in [6.45, 7) is 5.90. The first kappa shape index (κ1) is 31.7. The van der Waals surface area contributed by atoms with E-state index in [2.05, 4.69) is 22.5 Å². The number of halogens is 4. The van der Waals surface area contributed by atoms with Gasteiger partial charge in [-0.2, -0.15) is 13.2 Å². The molecule has 2 aliphatic heterocycles. The number of unbranched alkanes of at least 4 members (excludes halogenated alkanes) is 1. The third kappa shape index (κ3) is 8.56. The van der Waals surface area contributed by atoms with E-state index in [9.17, 15) is 27.2 Å². The molecule has 2 aromatic carbocycles. The van der Waals surface area contributed by atoms with E-state index in [1.165, 1.54) is 12.1 Å². The minimum atomic E-state index is -5.08. The molecule has 2 aliphatic rings. The van der Waals surface area contributed by atoms with E-state index < -0.39 is 17.7 Å². The second kappa shape index (κ2) is 14.2. The summed E-state index contributed by atoms with van der Waals surface area (Å²) >= 11 is 0. The van der Waals surface area contributed by atoms with Gasteiger partial charge in [-0.15, -0.1) is 0 Å². The SMILES string of the molecule is CCCCOc1ccc(C(=O)NCCN2CCC3(CC2)C(=O)NCN3c2cccc(F)c2)cc1.O=C(O)C(F)(F)F. The summed E-state index contributed by atoms with van der Waals surface area (Å²) in [4.78, 5) is 38.4. The zero-order valence-corrected chi connectivity index (χ0v) is 22.7. The lowest BCUT2D eigenvalue weighted by atomic mass is 9.85. The van der Waals surface area contributed by atoms with Gasteiger partial charge in [0.2, 0.25) is 5.91 Å². The van der Waals surface area contributed by atoms with Crippen LogP contribution in [0, 0.1) is 5.82 Å². The lowest BCUT2D eigenvalue weighted by Crippen LogP contribution is -2.57. The Morgan fingerprint density at radius 3 is 2.37 bits per heavy atom. The van der Waals surface area contributed by atoms with Crippen molar-refractivity contribution in [3.05, 3.63) is 59.9 Å². The molecule has 0 bridgehead atoms. The molecule has 224 valence electrons. The van der Waals surface area contributed by atoms with E-state index in [1.54, 1.807) is 18.2 Å². The molecule has 0 saturated carbocycles. The van der Waals surface area contributed by atoms with Crippen LogP contribution >= 0.6 is 0 Å². The van der Waals surface area contributed by atoms with Crippen LogP contribution in [0.1, 0.15) is 43.0 Å². The van der Waals surface area contributed by atoms with Crippen molar-refractivity contribution in [2.45, 2.75) is 44.3 Å². The molecular formula is C28H34F4N4O5. The zero-order chi connectivity index (χ0) is 30.0. The molecule has 13 heteroatoms. The Labute approximate surface area is 235 Å². The van der Waals surface area contributed by atoms with Gasteiger partial charge >= 0.3 is 12.1 Å². The number of alkyl halides is 3. The summed E-state index contributed by atoms with van der Waals surface area (Å²) < 4.78 is 51.1. The Balaban J connectivity index is 0.000000587. The molecule has 0 radical (unpaired) electrons. The highest BCUT2D eigenvalue weighted by molar-refractivity contribution is 5.94. The molecule has 2 amide bonds. The van der Waals surface area contributed by atoms with Gasteiger partial charge in [0.25, 0.3) is 5.91 Å². The highest BCUT2D eigenvalue weighted by Gasteiger charge is 2.50. The number of piperidine rings is 1. The van der Waals surface area contributed by atoms with Crippen LogP contribution in [-0.4, -0.2) is 79.0 Å². The Bertz CT molecular complexity index is 1180. The van der Waals surface area contributed by atoms with Gasteiger partial charge in [0.05, 0.1) is 13.3 Å². The predicted molar refractivity (Wildman–Crippen MR) is 143 cm³/mol. The Kier molecular flexibility index (Phi) is 10.9. The number of carbonyl (C=O) groups excluding carboxylic acids is 2. The van der Waals surface area contributed by atoms with Crippen molar-refractivity contribution >= 4 is 23.5 Å². The first-order valence-electron chi connectivity index (χ1n) is 13.3. The van der Waals surface area contributed by atoms with Crippen LogP contribution in [0.5, 0.6) is 5.75 Å². The van der Waals surface area contributed by atoms with Crippen LogP contribution in [0.15, 0.2) is 48.5 Å². The molecule has 2 heterocycles. The molecule has 2 fully saturated rings. The number of aliphatic carboxylic acids is 1. The minimum Gasteiger partial charge on any atom is -0.494 e. The van der Waals surface area contributed by atoms with Crippen LogP contribution in [-0.2, 0) is 9.59 Å². The standard InChI is InChI=1S/C26H33FN4O3.C2HF3O2/c1-2-3-17-34-23-9-7-20(8-10-23)24(32)28-13-16-30-14-11-26(12-15-30)25(33)29-19-31(26)22-6-4-5-21(27)18-22;3-2(4,5)1(6)7/h4-10,18H,2-3,11-17,19H2,1H3,(H,28,32)(H,29,33);(H,6,7). The average Bonchev–Trinajstić information content (AvgIpc) is 3.25. The number of nitrogens with one attached hydrogen (secondary N) is 2. The van der Waals surface area contributed by atoms with Gasteiger partial charge in [-0.05, 0) is 61.7 Å². The Morgan fingerprint density at radius 1 is 1.12 bits per heavy atom. The molecule has 0 aromatic heterocycles. The van der Waals surface area contributed by atoms with Gasteiger partial charge in [0.1, 0.15) is 17.1 Å². The van der Waals surface area contributed by atoms with Crippen LogP contribution in [0.4, 0.5) is 23.2 Å². The van der Waals surface area contributed by atoms with Gasteiger partial charge in [-0.1, -0.05) is 19.4 Å². The van der Waals surface area contributed by atoms with Crippen molar-refractivity contribution in [2.24, 2.45) is 0 Å². The Morgan fingerprint density at radius 2 is 1.78 bits per heavy atom. The van der Waals surface area contributed by atoms with E-state index >= 15 is 0 Å².